The van der Waals surface area contributed by atoms with Crippen LogP contribution in [0.4, 0.5) is 5.13 Å². The van der Waals surface area contributed by atoms with Gasteiger partial charge >= 0.3 is 0 Å². The van der Waals surface area contributed by atoms with Crippen LogP contribution in [0.5, 0.6) is 28.7 Å². The third-order valence-electron chi connectivity index (χ3n) is 6.65. The fourth-order valence-electron chi connectivity index (χ4n) is 4.58. The molecule has 0 saturated heterocycles. The molecule has 2 aromatic heterocycles. The second kappa shape index (κ2) is 12.4. The minimum atomic E-state index is -0.373. The van der Waals surface area contributed by atoms with Crippen LogP contribution < -0.4 is 29.0 Å². The summed E-state index contributed by atoms with van der Waals surface area (Å²) in [5.41, 5.74) is 4.18. The Balaban J connectivity index is 1.42. The highest BCUT2D eigenvalue weighted by Gasteiger charge is 2.20. The van der Waals surface area contributed by atoms with Crippen LogP contribution >= 0.6 is 11.3 Å². The average Bonchev–Trinajstić information content (AvgIpc) is 3.64. The highest BCUT2D eigenvalue weighted by Crippen LogP contribution is 2.42. The molecule has 0 fully saturated rings. The third kappa shape index (κ3) is 5.95. The summed E-state index contributed by atoms with van der Waals surface area (Å²) in [4.78, 5) is 29.9. The smallest absolute Gasteiger partial charge is 0.264 e. The van der Waals surface area contributed by atoms with E-state index in [4.69, 9.17) is 23.7 Å². The zero-order valence-electron chi connectivity index (χ0n) is 24.5. The van der Waals surface area contributed by atoms with Gasteiger partial charge < -0.3 is 23.7 Å². The van der Waals surface area contributed by atoms with E-state index in [9.17, 15) is 9.59 Å². The van der Waals surface area contributed by atoms with Crippen molar-refractivity contribution in [1.82, 2.24) is 14.8 Å². The maximum atomic E-state index is 12.8. The zero-order chi connectivity index (χ0) is 30.7. The first-order chi connectivity index (χ1) is 20.8. The maximum Gasteiger partial charge on any atom is 0.264 e. The van der Waals surface area contributed by atoms with E-state index in [1.165, 1.54) is 51.4 Å². The Morgan fingerprint density at radius 3 is 2.19 bits per heavy atom. The van der Waals surface area contributed by atoms with Crippen LogP contribution in [0.1, 0.15) is 17.3 Å². The molecule has 0 unspecified atom stereocenters. The number of rotatable bonds is 10. The van der Waals surface area contributed by atoms with Crippen molar-refractivity contribution in [3.8, 4) is 51.3 Å². The Labute approximate surface area is 251 Å². The van der Waals surface area contributed by atoms with Gasteiger partial charge in [-0.3, -0.25) is 14.9 Å². The molecule has 1 N–H and O–H groups in total. The summed E-state index contributed by atoms with van der Waals surface area (Å²) in [7, 11) is 6.09. The summed E-state index contributed by atoms with van der Waals surface area (Å²) in [6.45, 7) is 3.11. The van der Waals surface area contributed by atoms with E-state index < -0.39 is 0 Å². The lowest BCUT2D eigenvalue weighted by Gasteiger charge is -2.13. The molecule has 5 aromatic rings. The van der Waals surface area contributed by atoms with Gasteiger partial charge in [-0.05, 0) is 55.0 Å². The number of anilines is 1. The summed E-state index contributed by atoms with van der Waals surface area (Å²) >= 11 is 1.39. The van der Waals surface area contributed by atoms with Gasteiger partial charge in [0.25, 0.3) is 5.91 Å². The Morgan fingerprint density at radius 2 is 1.56 bits per heavy atom. The van der Waals surface area contributed by atoms with Crippen LogP contribution in [0.25, 0.3) is 32.7 Å². The molecule has 1 amide bonds. The topological polar surface area (TPSA) is 123 Å². The Kier molecular flexibility index (Phi) is 8.48. The molecule has 43 heavy (non-hydrogen) atoms. The zero-order valence-corrected chi connectivity index (χ0v) is 25.3. The predicted octanol–water partition coefficient (Wildman–Crippen LogP) is 5.85. The minimum Gasteiger partial charge on any atom is -0.493 e. The van der Waals surface area contributed by atoms with Crippen molar-refractivity contribution in [3.05, 3.63) is 60.2 Å². The van der Waals surface area contributed by atoms with E-state index in [2.05, 4.69) is 15.4 Å². The van der Waals surface area contributed by atoms with Gasteiger partial charge in [0.15, 0.2) is 34.7 Å². The molecule has 222 valence electrons. The normalized spacial score (nSPS) is 10.8. The molecular formula is C31H30N4O7S. The van der Waals surface area contributed by atoms with Crippen LogP contribution in [0, 0.1) is 6.92 Å². The van der Waals surface area contributed by atoms with Crippen molar-refractivity contribution in [2.24, 2.45) is 0 Å². The van der Waals surface area contributed by atoms with Crippen LogP contribution in [0.2, 0.25) is 0 Å². The van der Waals surface area contributed by atoms with Crippen molar-refractivity contribution < 1.29 is 33.3 Å². The average molecular weight is 603 g/mol. The molecule has 0 radical (unpaired) electrons. The van der Waals surface area contributed by atoms with E-state index in [-0.39, 0.29) is 18.4 Å². The lowest BCUT2D eigenvalue weighted by molar-refractivity contribution is -0.118. The molecule has 3 aromatic carbocycles. The number of aromatic nitrogens is 3. The number of thiazole rings is 1. The van der Waals surface area contributed by atoms with Crippen molar-refractivity contribution in [2.75, 3.05) is 40.4 Å². The lowest BCUT2D eigenvalue weighted by Crippen LogP contribution is -2.20. The first kappa shape index (κ1) is 29.4. The van der Waals surface area contributed by atoms with Crippen LogP contribution in [0.15, 0.2) is 54.6 Å². The number of hydrogen-bond donors (Lipinski definition) is 1. The van der Waals surface area contributed by atoms with Gasteiger partial charge in [-0.25, -0.2) is 4.98 Å². The number of nitrogens with one attached hydrogen (secondary N) is 1. The third-order valence-corrected chi connectivity index (χ3v) is 7.59. The fraction of sp³-hybridized carbons (Fsp3) is 0.226. The Morgan fingerprint density at radius 1 is 0.860 bits per heavy atom. The van der Waals surface area contributed by atoms with E-state index in [0.717, 1.165) is 15.8 Å². The number of ether oxygens (including phenoxy) is 5. The number of hydrogen-bond acceptors (Lipinski definition) is 10. The summed E-state index contributed by atoms with van der Waals surface area (Å²) in [6, 6.07) is 16.4. The highest BCUT2D eigenvalue weighted by atomic mass is 32.1. The minimum absolute atomic E-state index is 0.280. The number of amides is 1. The van der Waals surface area contributed by atoms with E-state index >= 15 is 0 Å². The number of para-hydroxylation sites is 1. The molecule has 0 aliphatic carbocycles. The summed E-state index contributed by atoms with van der Waals surface area (Å²) < 4.78 is 30.0. The van der Waals surface area contributed by atoms with Gasteiger partial charge in [-0.2, -0.15) is 9.78 Å². The molecule has 12 heteroatoms. The molecule has 5 rings (SSSR count). The standard InChI is InChI=1S/C31H30N4O7S/c1-17-8-7-9-27-29(17)33-31(43-27)32-28(37)16-42-24-12-19(10-11-23(24)38-3)22-15-21(34-35(22)18(2)36)20-13-25(39-4)30(41-6)26(14-20)40-5/h7-15H,16H2,1-6H3,(H,32,33,37). The van der Waals surface area contributed by atoms with E-state index in [1.54, 1.807) is 36.4 Å². The van der Waals surface area contributed by atoms with Gasteiger partial charge in [0.2, 0.25) is 11.7 Å². The molecule has 0 aliphatic rings. The van der Waals surface area contributed by atoms with Crippen LogP contribution in [-0.4, -0.2) is 61.6 Å². The number of benzene rings is 3. The van der Waals surface area contributed by atoms with Gasteiger partial charge in [0.05, 0.1) is 50.0 Å². The molecule has 0 atom stereocenters. The first-order valence-electron chi connectivity index (χ1n) is 13.1. The van der Waals surface area contributed by atoms with E-state index in [0.29, 0.717) is 56.4 Å². The SMILES string of the molecule is COc1ccc(-c2cc(-c3cc(OC)c(OC)c(OC)c3)nn2C(C)=O)cc1OCC(=O)Nc1nc2c(C)cccc2s1. The highest BCUT2D eigenvalue weighted by molar-refractivity contribution is 7.22. The van der Waals surface area contributed by atoms with Gasteiger partial charge in [0, 0.05) is 18.1 Å². The van der Waals surface area contributed by atoms with Crippen molar-refractivity contribution in [1.29, 1.82) is 0 Å². The second-order valence-corrected chi connectivity index (χ2v) is 10.4. The first-order valence-corrected chi connectivity index (χ1v) is 14.0. The number of fused-ring (bicyclic) bond motifs is 1. The number of nitrogens with zero attached hydrogens (tertiary/aromatic N) is 3. The Bertz CT molecular complexity index is 1800. The summed E-state index contributed by atoms with van der Waals surface area (Å²) in [6.07, 6.45) is 0. The fourth-order valence-corrected chi connectivity index (χ4v) is 5.54. The maximum absolute atomic E-state index is 12.8. The van der Waals surface area contributed by atoms with Gasteiger partial charge in [-0.1, -0.05) is 23.5 Å². The number of methoxy groups -OCH3 is 4. The molecule has 11 nitrogen and oxygen atoms in total. The summed E-state index contributed by atoms with van der Waals surface area (Å²) in [5.74, 6) is 1.43. The number of aryl methyl sites for hydroxylation is 1. The van der Waals surface area contributed by atoms with Crippen LogP contribution in [-0.2, 0) is 4.79 Å². The molecular weight excluding hydrogens is 572 g/mol. The largest absolute Gasteiger partial charge is 0.493 e. The van der Waals surface area contributed by atoms with Crippen molar-refractivity contribution in [3.63, 3.8) is 0 Å². The molecule has 0 bridgehead atoms. The predicted molar refractivity (Wildman–Crippen MR) is 164 cm³/mol. The molecule has 0 aliphatic heterocycles. The number of carbonyl (C=O) groups is 2. The molecule has 0 spiro atoms. The van der Waals surface area contributed by atoms with Gasteiger partial charge in [0.1, 0.15) is 0 Å². The van der Waals surface area contributed by atoms with Crippen molar-refractivity contribution in [2.45, 2.75) is 13.8 Å². The Hall–Kier alpha value is -5.10. The quantitative estimate of drug-likeness (QED) is 0.210. The summed E-state index contributed by atoms with van der Waals surface area (Å²) in [5, 5.41) is 7.84. The molecule has 2 heterocycles. The number of carbonyl (C=O) groups excluding carboxylic acids is 2. The van der Waals surface area contributed by atoms with Crippen LogP contribution in [0.3, 0.4) is 0 Å². The lowest BCUT2D eigenvalue weighted by atomic mass is 10.1. The van der Waals surface area contributed by atoms with Crippen molar-refractivity contribution >= 4 is 38.5 Å². The molecule has 0 saturated carbocycles. The monoisotopic (exact) mass is 602 g/mol. The second-order valence-electron chi connectivity index (χ2n) is 9.40. The van der Waals surface area contributed by atoms with Gasteiger partial charge in [-0.15, -0.1) is 0 Å². The van der Waals surface area contributed by atoms with E-state index in [1.807, 2.05) is 25.1 Å².